The van der Waals surface area contributed by atoms with Crippen molar-refractivity contribution in [1.29, 1.82) is 0 Å². The van der Waals surface area contributed by atoms with E-state index < -0.39 is 0 Å². The molecule has 1 aliphatic heterocycles. The van der Waals surface area contributed by atoms with Gasteiger partial charge in [0.25, 0.3) is 0 Å². The SMILES string of the molecule is O=C1[C@H](SCCc2ccccc2)[C@@H](c2ccc(O)cc2)N1c1ccccc1. The molecule has 1 heterocycles. The quantitative estimate of drug-likeness (QED) is 0.628. The standard InChI is InChI=1S/C23H21NO2S/c25-20-13-11-18(12-14-20)21-22(27-16-15-17-7-3-1-4-8-17)23(26)24(21)19-9-5-2-6-10-19/h1-14,21-22,25H,15-16H2/t21-,22-/m1/s1. The lowest BCUT2D eigenvalue weighted by atomic mass is 9.92. The van der Waals surface area contributed by atoms with Crippen LogP contribution in [0.3, 0.4) is 0 Å². The molecule has 1 fully saturated rings. The third kappa shape index (κ3) is 3.71. The van der Waals surface area contributed by atoms with Crippen LogP contribution in [-0.2, 0) is 11.2 Å². The number of thioether (sulfide) groups is 1. The topological polar surface area (TPSA) is 40.5 Å². The highest BCUT2D eigenvalue weighted by atomic mass is 32.2. The summed E-state index contributed by atoms with van der Waals surface area (Å²) in [6.45, 7) is 0. The van der Waals surface area contributed by atoms with Crippen molar-refractivity contribution in [1.82, 2.24) is 0 Å². The number of aromatic hydroxyl groups is 1. The van der Waals surface area contributed by atoms with Gasteiger partial charge in [-0.15, -0.1) is 11.8 Å². The molecule has 27 heavy (non-hydrogen) atoms. The van der Waals surface area contributed by atoms with Crippen LogP contribution >= 0.6 is 11.8 Å². The molecule has 0 aromatic heterocycles. The number of phenols is 1. The Morgan fingerprint density at radius 1 is 0.852 bits per heavy atom. The van der Waals surface area contributed by atoms with E-state index in [0.29, 0.717) is 0 Å². The van der Waals surface area contributed by atoms with E-state index in [1.54, 1.807) is 23.9 Å². The molecule has 0 spiro atoms. The molecule has 2 atom stereocenters. The van der Waals surface area contributed by atoms with Crippen molar-refractivity contribution in [3.05, 3.63) is 96.1 Å². The predicted molar refractivity (Wildman–Crippen MR) is 111 cm³/mol. The summed E-state index contributed by atoms with van der Waals surface area (Å²) < 4.78 is 0. The fraction of sp³-hybridized carbons (Fsp3) is 0.174. The number of phenolic OH excluding ortho intramolecular Hbond substituents is 1. The number of β-lactam (4-membered cyclic amide) rings is 1. The zero-order valence-corrected chi connectivity index (χ0v) is 15.7. The van der Waals surface area contributed by atoms with Crippen LogP contribution in [0.1, 0.15) is 17.2 Å². The Balaban J connectivity index is 1.53. The molecule has 0 saturated carbocycles. The lowest BCUT2D eigenvalue weighted by molar-refractivity contribution is -0.123. The van der Waals surface area contributed by atoms with Gasteiger partial charge in [-0.1, -0.05) is 60.7 Å². The largest absolute Gasteiger partial charge is 0.508 e. The van der Waals surface area contributed by atoms with Crippen molar-refractivity contribution in [3.8, 4) is 5.75 Å². The van der Waals surface area contributed by atoms with Gasteiger partial charge in [0.2, 0.25) is 5.91 Å². The van der Waals surface area contributed by atoms with Crippen LogP contribution < -0.4 is 4.90 Å². The smallest absolute Gasteiger partial charge is 0.243 e. The zero-order valence-electron chi connectivity index (χ0n) is 14.9. The Morgan fingerprint density at radius 2 is 1.48 bits per heavy atom. The second kappa shape index (κ2) is 7.89. The molecule has 0 radical (unpaired) electrons. The van der Waals surface area contributed by atoms with Gasteiger partial charge in [-0.2, -0.15) is 0 Å². The van der Waals surface area contributed by atoms with E-state index in [2.05, 4.69) is 12.1 Å². The molecule has 0 aliphatic carbocycles. The third-order valence-corrected chi connectivity index (χ3v) is 6.10. The average molecular weight is 375 g/mol. The van der Waals surface area contributed by atoms with E-state index in [1.807, 2.05) is 65.6 Å². The minimum absolute atomic E-state index is 0.0127. The monoisotopic (exact) mass is 375 g/mol. The Bertz CT molecular complexity index is 897. The van der Waals surface area contributed by atoms with E-state index in [9.17, 15) is 9.90 Å². The lowest BCUT2D eigenvalue weighted by Gasteiger charge is -2.47. The fourth-order valence-corrected chi connectivity index (χ4v) is 4.77. The summed E-state index contributed by atoms with van der Waals surface area (Å²) in [6, 6.07) is 27.3. The molecule has 3 nitrogen and oxygen atoms in total. The Kier molecular flexibility index (Phi) is 5.16. The average Bonchev–Trinajstić information content (AvgIpc) is 2.71. The molecule has 1 saturated heterocycles. The summed E-state index contributed by atoms with van der Waals surface area (Å²) in [5, 5.41) is 9.51. The molecule has 1 N–H and O–H groups in total. The van der Waals surface area contributed by atoms with Crippen LogP contribution in [0.4, 0.5) is 5.69 Å². The van der Waals surface area contributed by atoms with Gasteiger partial charge in [0.15, 0.2) is 0 Å². The maximum Gasteiger partial charge on any atom is 0.243 e. The summed E-state index contributed by atoms with van der Waals surface area (Å²) >= 11 is 1.72. The van der Waals surface area contributed by atoms with E-state index in [0.717, 1.165) is 23.4 Å². The van der Waals surface area contributed by atoms with Crippen molar-refractivity contribution in [2.45, 2.75) is 17.7 Å². The summed E-state index contributed by atoms with van der Waals surface area (Å²) in [7, 11) is 0. The van der Waals surface area contributed by atoms with Gasteiger partial charge in [0.1, 0.15) is 11.0 Å². The molecule has 1 aliphatic rings. The van der Waals surface area contributed by atoms with Crippen LogP contribution in [0.25, 0.3) is 0 Å². The first-order valence-electron chi connectivity index (χ1n) is 9.06. The first-order valence-corrected chi connectivity index (χ1v) is 10.1. The summed E-state index contributed by atoms with van der Waals surface area (Å²) in [4.78, 5) is 14.8. The van der Waals surface area contributed by atoms with E-state index in [1.165, 1.54) is 5.56 Å². The van der Waals surface area contributed by atoms with Crippen LogP contribution in [0.5, 0.6) is 5.75 Å². The van der Waals surface area contributed by atoms with Crippen LogP contribution in [-0.4, -0.2) is 22.0 Å². The maximum absolute atomic E-state index is 12.9. The number of carbonyl (C=O) groups is 1. The molecule has 1 amide bonds. The first kappa shape index (κ1) is 17.7. The number of hydrogen-bond acceptors (Lipinski definition) is 3. The molecule has 4 heteroatoms. The predicted octanol–water partition coefficient (Wildman–Crippen LogP) is 4.82. The van der Waals surface area contributed by atoms with Crippen molar-refractivity contribution in [2.24, 2.45) is 0 Å². The highest BCUT2D eigenvalue weighted by molar-refractivity contribution is 8.00. The van der Waals surface area contributed by atoms with Crippen molar-refractivity contribution < 1.29 is 9.90 Å². The zero-order chi connectivity index (χ0) is 18.6. The number of nitrogens with zero attached hydrogens (tertiary/aromatic N) is 1. The van der Waals surface area contributed by atoms with Gasteiger partial charge in [-0.3, -0.25) is 4.79 Å². The Labute approximate surface area is 163 Å². The molecule has 0 unspecified atom stereocenters. The van der Waals surface area contributed by atoms with Crippen LogP contribution in [0, 0.1) is 0 Å². The highest BCUT2D eigenvalue weighted by Crippen LogP contribution is 2.45. The first-order chi connectivity index (χ1) is 13.2. The number of para-hydroxylation sites is 1. The van der Waals surface area contributed by atoms with Crippen molar-refractivity contribution >= 4 is 23.4 Å². The van der Waals surface area contributed by atoms with Gasteiger partial charge in [0.05, 0.1) is 6.04 Å². The normalized spacial score (nSPS) is 19.0. The lowest BCUT2D eigenvalue weighted by Crippen LogP contribution is -2.57. The Hall–Kier alpha value is -2.72. The highest BCUT2D eigenvalue weighted by Gasteiger charge is 2.48. The molecule has 0 bridgehead atoms. The van der Waals surface area contributed by atoms with Gasteiger partial charge in [-0.25, -0.2) is 0 Å². The number of anilines is 1. The van der Waals surface area contributed by atoms with Crippen LogP contribution in [0.15, 0.2) is 84.9 Å². The van der Waals surface area contributed by atoms with Crippen molar-refractivity contribution in [3.63, 3.8) is 0 Å². The maximum atomic E-state index is 12.9. The second-order valence-electron chi connectivity index (χ2n) is 6.61. The van der Waals surface area contributed by atoms with Gasteiger partial charge in [0, 0.05) is 5.69 Å². The summed E-state index contributed by atoms with van der Waals surface area (Å²) in [5.41, 5.74) is 3.26. The second-order valence-corrected chi connectivity index (χ2v) is 7.86. The van der Waals surface area contributed by atoms with Crippen LogP contribution in [0.2, 0.25) is 0 Å². The minimum Gasteiger partial charge on any atom is -0.508 e. The van der Waals surface area contributed by atoms with E-state index in [-0.39, 0.29) is 22.9 Å². The van der Waals surface area contributed by atoms with Gasteiger partial charge in [-0.05, 0) is 47.6 Å². The molecular formula is C23H21NO2S. The molecule has 3 aromatic rings. The van der Waals surface area contributed by atoms with E-state index >= 15 is 0 Å². The Morgan fingerprint density at radius 3 is 2.15 bits per heavy atom. The third-order valence-electron chi connectivity index (χ3n) is 4.85. The number of hydrogen-bond donors (Lipinski definition) is 1. The molecular weight excluding hydrogens is 354 g/mol. The summed E-state index contributed by atoms with van der Waals surface area (Å²) in [5.74, 6) is 1.29. The number of amides is 1. The minimum atomic E-state index is -0.0986. The van der Waals surface area contributed by atoms with Gasteiger partial charge >= 0.3 is 0 Å². The number of benzene rings is 3. The van der Waals surface area contributed by atoms with Gasteiger partial charge < -0.3 is 10.0 Å². The number of carbonyl (C=O) groups excluding carboxylic acids is 1. The van der Waals surface area contributed by atoms with Crippen molar-refractivity contribution in [2.75, 3.05) is 10.7 Å². The molecule has 136 valence electrons. The fourth-order valence-electron chi connectivity index (χ4n) is 3.45. The summed E-state index contributed by atoms with van der Waals surface area (Å²) in [6.07, 6.45) is 0.947. The molecule has 3 aromatic carbocycles. The molecule has 4 rings (SSSR count). The van der Waals surface area contributed by atoms with E-state index in [4.69, 9.17) is 0 Å². The number of rotatable bonds is 6. The number of aryl methyl sites for hydroxylation is 1.